The molecule has 0 spiro atoms. The third-order valence-corrected chi connectivity index (χ3v) is 2.52. The Morgan fingerprint density at radius 2 is 2.40 bits per heavy atom. The minimum atomic E-state index is -0.455. The van der Waals surface area contributed by atoms with Crippen molar-refractivity contribution in [3.63, 3.8) is 0 Å². The molecule has 2 N–H and O–H groups in total. The highest BCUT2D eigenvalue weighted by Crippen LogP contribution is 2.26. The molecule has 1 amide bonds. The first-order valence-electron chi connectivity index (χ1n) is 2.66. The maximum Gasteiger partial charge on any atom is 0.251 e. The van der Waals surface area contributed by atoms with Gasteiger partial charge in [-0.15, -0.1) is 11.3 Å². The number of carbonyl (C=O) groups is 1. The van der Waals surface area contributed by atoms with Crippen LogP contribution in [0.1, 0.15) is 15.9 Å². The molecule has 0 bridgehead atoms. The van der Waals surface area contributed by atoms with Crippen LogP contribution in [0, 0.1) is 6.92 Å². The standard InChI is InChI=1S/C6H6ClNOS/c1-3-2-10-5(7)4(3)6(8)9/h2H,1H3,(H2,8,9). The molecule has 0 saturated carbocycles. The molecule has 0 aliphatic heterocycles. The lowest BCUT2D eigenvalue weighted by Crippen LogP contribution is -2.11. The van der Waals surface area contributed by atoms with Crippen LogP contribution in [0.2, 0.25) is 4.34 Å². The average molecular weight is 176 g/mol. The zero-order valence-corrected chi connectivity index (χ0v) is 6.92. The topological polar surface area (TPSA) is 43.1 Å². The summed E-state index contributed by atoms with van der Waals surface area (Å²) in [5.74, 6) is -0.455. The number of carbonyl (C=O) groups excluding carboxylic acids is 1. The van der Waals surface area contributed by atoms with Crippen molar-refractivity contribution in [2.45, 2.75) is 6.92 Å². The van der Waals surface area contributed by atoms with E-state index in [0.29, 0.717) is 9.90 Å². The lowest BCUT2D eigenvalue weighted by atomic mass is 10.2. The number of primary amides is 1. The summed E-state index contributed by atoms with van der Waals surface area (Å²) in [6.45, 7) is 1.81. The number of thiophene rings is 1. The van der Waals surface area contributed by atoms with E-state index in [1.807, 2.05) is 12.3 Å². The van der Waals surface area contributed by atoms with Crippen molar-refractivity contribution in [3.05, 3.63) is 20.8 Å². The molecule has 10 heavy (non-hydrogen) atoms. The normalized spacial score (nSPS) is 9.80. The Balaban J connectivity index is 3.23. The van der Waals surface area contributed by atoms with Gasteiger partial charge < -0.3 is 5.73 Å². The first-order valence-corrected chi connectivity index (χ1v) is 3.92. The molecule has 1 heterocycles. The third kappa shape index (κ3) is 1.15. The molecule has 1 aromatic heterocycles. The average Bonchev–Trinajstić information content (AvgIpc) is 2.11. The molecule has 0 fully saturated rings. The molecule has 0 saturated heterocycles. The highest BCUT2D eigenvalue weighted by Gasteiger charge is 2.10. The van der Waals surface area contributed by atoms with Gasteiger partial charge in [-0.25, -0.2) is 0 Å². The van der Waals surface area contributed by atoms with E-state index in [1.54, 1.807) is 0 Å². The van der Waals surface area contributed by atoms with Crippen LogP contribution in [-0.2, 0) is 0 Å². The summed E-state index contributed by atoms with van der Waals surface area (Å²) in [5.41, 5.74) is 6.34. The number of amides is 1. The van der Waals surface area contributed by atoms with Crippen molar-refractivity contribution in [1.29, 1.82) is 0 Å². The molecule has 0 aromatic carbocycles. The van der Waals surface area contributed by atoms with Crippen molar-refractivity contribution < 1.29 is 4.79 Å². The summed E-state index contributed by atoms with van der Waals surface area (Å²) < 4.78 is 0.477. The Bertz CT molecular complexity index is 249. The highest BCUT2D eigenvalue weighted by molar-refractivity contribution is 7.15. The summed E-state index contributed by atoms with van der Waals surface area (Å²) in [7, 11) is 0. The van der Waals surface area contributed by atoms with Gasteiger partial charge in [-0.05, 0) is 17.9 Å². The lowest BCUT2D eigenvalue weighted by molar-refractivity contribution is 0.100. The van der Waals surface area contributed by atoms with Crippen molar-refractivity contribution in [3.8, 4) is 0 Å². The zero-order valence-electron chi connectivity index (χ0n) is 5.35. The first kappa shape index (κ1) is 7.57. The minimum Gasteiger partial charge on any atom is -0.366 e. The Kier molecular flexibility index (Phi) is 1.97. The molecule has 4 heteroatoms. The number of halogens is 1. The summed E-state index contributed by atoms with van der Waals surface area (Å²) in [4.78, 5) is 10.6. The second kappa shape index (κ2) is 2.60. The molecule has 0 aliphatic carbocycles. The lowest BCUT2D eigenvalue weighted by Gasteiger charge is -1.91. The zero-order chi connectivity index (χ0) is 7.72. The molecule has 0 aliphatic rings. The molecule has 1 rings (SSSR count). The minimum absolute atomic E-state index is 0.451. The maximum atomic E-state index is 10.6. The second-order valence-electron chi connectivity index (χ2n) is 1.93. The summed E-state index contributed by atoms with van der Waals surface area (Å²) in [6.07, 6.45) is 0. The molecule has 0 radical (unpaired) electrons. The van der Waals surface area contributed by atoms with Crippen LogP contribution in [0.4, 0.5) is 0 Å². The highest BCUT2D eigenvalue weighted by atomic mass is 35.5. The van der Waals surface area contributed by atoms with E-state index < -0.39 is 5.91 Å². The van der Waals surface area contributed by atoms with Crippen LogP contribution in [0.3, 0.4) is 0 Å². The maximum absolute atomic E-state index is 10.6. The van der Waals surface area contributed by atoms with Crippen LogP contribution < -0.4 is 5.73 Å². The van der Waals surface area contributed by atoms with Crippen LogP contribution in [0.15, 0.2) is 5.38 Å². The van der Waals surface area contributed by atoms with Crippen molar-refractivity contribution in [2.24, 2.45) is 5.73 Å². The van der Waals surface area contributed by atoms with Crippen LogP contribution in [0.25, 0.3) is 0 Å². The fourth-order valence-corrected chi connectivity index (χ4v) is 1.86. The Morgan fingerprint density at radius 1 is 1.80 bits per heavy atom. The molecule has 54 valence electrons. The van der Waals surface area contributed by atoms with Crippen LogP contribution in [0.5, 0.6) is 0 Å². The van der Waals surface area contributed by atoms with E-state index in [1.165, 1.54) is 11.3 Å². The number of hydrogen-bond donors (Lipinski definition) is 1. The van der Waals surface area contributed by atoms with Gasteiger partial charge in [-0.1, -0.05) is 11.6 Å². The van der Waals surface area contributed by atoms with Gasteiger partial charge >= 0.3 is 0 Å². The Morgan fingerprint density at radius 3 is 2.60 bits per heavy atom. The van der Waals surface area contributed by atoms with Gasteiger partial charge in [0.25, 0.3) is 5.91 Å². The Hall–Kier alpha value is -0.540. The van der Waals surface area contributed by atoms with Gasteiger partial charge in [0, 0.05) is 0 Å². The summed E-state index contributed by atoms with van der Waals surface area (Å²) in [6, 6.07) is 0. The van der Waals surface area contributed by atoms with E-state index >= 15 is 0 Å². The van der Waals surface area contributed by atoms with Gasteiger partial charge in [0.05, 0.1) is 5.56 Å². The fraction of sp³-hybridized carbons (Fsp3) is 0.167. The molecule has 0 unspecified atom stereocenters. The van der Waals surface area contributed by atoms with Crippen LogP contribution >= 0.6 is 22.9 Å². The smallest absolute Gasteiger partial charge is 0.251 e. The van der Waals surface area contributed by atoms with Crippen molar-refractivity contribution in [1.82, 2.24) is 0 Å². The summed E-state index contributed by atoms with van der Waals surface area (Å²) in [5, 5.41) is 1.81. The van der Waals surface area contributed by atoms with Crippen molar-refractivity contribution in [2.75, 3.05) is 0 Å². The van der Waals surface area contributed by atoms with Crippen LogP contribution in [-0.4, -0.2) is 5.91 Å². The SMILES string of the molecule is Cc1csc(Cl)c1C(N)=O. The number of nitrogens with two attached hydrogens (primary N) is 1. The quantitative estimate of drug-likeness (QED) is 0.695. The first-order chi connectivity index (χ1) is 4.63. The molecular weight excluding hydrogens is 170 g/mol. The van der Waals surface area contributed by atoms with Gasteiger partial charge in [-0.3, -0.25) is 4.79 Å². The Labute approximate surface area is 67.6 Å². The number of aryl methyl sites for hydroxylation is 1. The van der Waals surface area contributed by atoms with E-state index in [4.69, 9.17) is 17.3 Å². The molecular formula is C6H6ClNOS. The van der Waals surface area contributed by atoms with Gasteiger partial charge in [0.15, 0.2) is 0 Å². The van der Waals surface area contributed by atoms with Gasteiger partial charge in [0.1, 0.15) is 4.34 Å². The molecule has 0 atom stereocenters. The predicted octanol–water partition coefficient (Wildman–Crippen LogP) is 1.81. The largest absolute Gasteiger partial charge is 0.366 e. The van der Waals surface area contributed by atoms with E-state index in [9.17, 15) is 4.79 Å². The monoisotopic (exact) mass is 175 g/mol. The van der Waals surface area contributed by atoms with E-state index in [0.717, 1.165) is 5.56 Å². The molecule has 2 nitrogen and oxygen atoms in total. The number of rotatable bonds is 1. The predicted molar refractivity (Wildman–Crippen MR) is 42.6 cm³/mol. The molecule has 1 aromatic rings. The fourth-order valence-electron chi connectivity index (χ4n) is 0.704. The summed E-state index contributed by atoms with van der Waals surface area (Å²) >= 11 is 6.98. The second-order valence-corrected chi connectivity index (χ2v) is 3.41. The van der Waals surface area contributed by atoms with E-state index in [-0.39, 0.29) is 0 Å². The van der Waals surface area contributed by atoms with Gasteiger partial charge in [-0.2, -0.15) is 0 Å². The van der Waals surface area contributed by atoms with Crippen molar-refractivity contribution >= 4 is 28.8 Å². The number of hydrogen-bond acceptors (Lipinski definition) is 2. The third-order valence-electron chi connectivity index (χ3n) is 1.18. The van der Waals surface area contributed by atoms with E-state index in [2.05, 4.69) is 0 Å². The van der Waals surface area contributed by atoms with Gasteiger partial charge in [0.2, 0.25) is 0 Å².